The molecule has 0 saturated heterocycles. The third kappa shape index (κ3) is 2.64. The molecule has 0 aliphatic rings. The van der Waals surface area contributed by atoms with E-state index in [1.54, 1.807) is 13.3 Å². The Bertz CT molecular complexity index is 805. The predicted octanol–water partition coefficient (Wildman–Crippen LogP) is 4.33. The van der Waals surface area contributed by atoms with E-state index in [9.17, 15) is 0 Å². The standard InChI is InChI=1S/C16H14BrN3O/c1-21-10-5-6-12(17)15(9-10)20-14-7-8-19-16-11(14)3-2-4-13(16)18/h2-9H,18H2,1H3,(H,19,20). The molecule has 0 fully saturated rings. The van der Waals surface area contributed by atoms with Crippen molar-refractivity contribution in [3.63, 3.8) is 0 Å². The van der Waals surface area contributed by atoms with Crippen molar-refractivity contribution < 1.29 is 4.74 Å². The summed E-state index contributed by atoms with van der Waals surface area (Å²) in [5.41, 5.74) is 9.30. The lowest BCUT2D eigenvalue weighted by Gasteiger charge is -2.13. The summed E-state index contributed by atoms with van der Waals surface area (Å²) in [7, 11) is 1.65. The summed E-state index contributed by atoms with van der Waals surface area (Å²) >= 11 is 3.54. The molecule has 0 unspecified atom stereocenters. The van der Waals surface area contributed by atoms with Crippen molar-refractivity contribution in [2.45, 2.75) is 0 Å². The Morgan fingerprint density at radius 2 is 2.00 bits per heavy atom. The molecule has 5 heteroatoms. The summed E-state index contributed by atoms with van der Waals surface area (Å²) in [6, 6.07) is 13.5. The Morgan fingerprint density at radius 1 is 1.14 bits per heavy atom. The Kier molecular flexibility index (Phi) is 3.66. The Morgan fingerprint density at radius 3 is 2.81 bits per heavy atom. The number of nitrogens with two attached hydrogens (primary N) is 1. The maximum absolute atomic E-state index is 5.97. The molecule has 1 heterocycles. The van der Waals surface area contributed by atoms with Crippen molar-refractivity contribution in [3.8, 4) is 5.75 Å². The van der Waals surface area contributed by atoms with E-state index in [1.165, 1.54) is 0 Å². The Balaban J connectivity index is 2.08. The number of nitrogen functional groups attached to an aromatic ring is 1. The van der Waals surface area contributed by atoms with Crippen LogP contribution in [0.5, 0.6) is 5.75 Å². The molecule has 106 valence electrons. The normalized spacial score (nSPS) is 10.6. The van der Waals surface area contributed by atoms with Crippen LogP contribution in [0.1, 0.15) is 0 Å². The number of aromatic nitrogens is 1. The molecular weight excluding hydrogens is 330 g/mol. The van der Waals surface area contributed by atoms with Gasteiger partial charge in [0.1, 0.15) is 5.75 Å². The summed E-state index contributed by atoms with van der Waals surface area (Å²) in [5.74, 6) is 0.790. The number of ether oxygens (including phenoxy) is 1. The third-order valence-electron chi connectivity index (χ3n) is 3.25. The zero-order valence-electron chi connectivity index (χ0n) is 11.4. The van der Waals surface area contributed by atoms with Crippen molar-refractivity contribution in [1.82, 2.24) is 4.98 Å². The molecule has 0 aliphatic heterocycles. The summed E-state index contributed by atoms with van der Waals surface area (Å²) in [6.07, 6.45) is 1.75. The molecular formula is C16H14BrN3O. The molecule has 4 nitrogen and oxygen atoms in total. The van der Waals surface area contributed by atoms with Crippen LogP contribution in [0.15, 0.2) is 53.1 Å². The minimum absolute atomic E-state index is 0.667. The van der Waals surface area contributed by atoms with Crippen molar-refractivity contribution in [2.75, 3.05) is 18.2 Å². The number of anilines is 3. The molecule has 0 aliphatic carbocycles. The minimum Gasteiger partial charge on any atom is -0.497 e. The van der Waals surface area contributed by atoms with Gasteiger partial charge in [-0.25, -0.2) is 0 Å². The molecule has 3 N–H and O–H groups in total. The zero-order chi connectivity index (χ0) is 14.8. The largest absolute Gasteiger partial charge is 0.497 e. The number of nitrogens with one attached hydrogen (secondary N) is 1. The Labute approximate surface area is 131 Å². The second-order valence-electron chi connectivity index (χ2n) is 4.57. The third-order valence-corrected chi connectivity index (χ3v) is 3.94. The number of hydrogen-bond acceptors (Lipinski definition) is 4. The number of para-hydroxylation sites is 1. The SMILES string of the molecule is COc1ccc(Br)c(Nc2ccnc3c(N)cccc23)c1. The summed E-state index contributed by atoms with van der Waals surface area (Å²) in [5, 5.41) is 4.37. The van der Waals surface area contributed by atoms with Gasteiger partial charge in [0.2, 0.25) is 0 Å². The van der Waals surface area contributed by atoms with Gasteiger partial charge in [0.05, 0.1) is 24.0 Å². The van der Waals surface area contributed by atoms with Gasteiger partial charge in [-0.1, -0.05) is 12.1 Å². The first-order valence-corrected chi connectivity index (χ1v) is 7.22. The van der Waals surface area contributed by atoms with Crippen LogP contribution in [-0.4, -0.2) is 12.1 Å². The fourth-order valence-electron chi connectivity index (χ4n) is 2.18. The number of fused-ring (bicyclic) bond motifs is 1. The van der Waals surface area contributed by atoms with Gasteiger partial charge >= 0.3 is 0 Å². The fourth-order valence-corrected chi connectivity index (χ4v) is 2.53. The number of rotatable bonds is 3. The van der Waals surface area contributed by atoms with Crippen LogP contribution in [0, 0.1) is 0 Å². The van der Waals surface area contributed by atoms with Gasteiger partial charge in [0.15, 0.2) is 0 Å². The molecule has 2 aromatic carbocycles. The molecule has 3 rings (SSSR count). The van der Waals surface area contributed by atoms with Gasteiger partial charge in [-0.3, -0.25) is 4.98 Å². The molecule has 1 aromatic heterocycles. The van der Waals surface area contributed by atoms with E-state index < -0.39 is 0 Å². The molecule has 0 saturated carbocycles. The number of benzene rings is 2. The van der Waals surface area contributed by atoms with Crippen LogP contribution < -0.4 is 15.8 Å². The molecule has 0 atom stereocenters. The average molecular weight is 344 g/mol. The van der Waals surface area contributed by atoms with E-state index in [4.69, 9.17) is 10.5 Å². The van der Waals surface area contributed by atoms with E-state index in [1.807, 2.05) is 42.5 Å². The van der Waals surface area contributed by atoms with Gasteiger partial charge in [0.25, 0.3) is 0 Å². The predicted molar refractivity (Wildman–Crippen MR) is 90.1 cm³/mol. The summed E-state index contributed by atoms with van der Waals surface area (Å²) in [4.78, 5) is 4.34. The monoisotopic (exact) mass is 343 g/mol. The highest BCUT2D eigenvalue weighted by atomic mass is 79.9. The second-order valence-corrected chi connectivity index (χ2v) is 5.43. The molecule has 0 bridgehead atoms. The van der Waals surface area contributed by atoms with Gasteiger partial charge in [0, 0.05) is 27.8 Å². The lowest BCUT2D eigenvalue weighted by Crippen LogP contribution is -1.96. The summed E-state index contributed by atoms with van der Waals surface area (Å²) < 4.78 is 6.22. The van der Waals surface area contributed by atoms with Gasteiger partial charge in [-0.15, -0.1) is 0 Å². The van der Waals surface area contributed by atoms with Crippen molar-refractivity contribution >= 4 is 43.9 Å². The number of pyridine rings is 1. The zero-order valence-corrected chi connectivity index (χ0v) is 13.0. The lowest BCUT2D eigenvalue weighted by atomic mass is 10.1. The molecule has 0 spiro atoms. The maximum atomic E-state index is 5.97. The van der Waals surface area contributed by atoms with Gasteiger partial charge in [-0.2, -0.15) is 0 Å². The van der Waals surface area contributed by atoms with E-state index in [2.05, 4.69) is 26.2 Å². The maximum Gasteiger partial charge on any atom is 0.121 e. The van der Waals surface area contributed by atoms with Crippen LogP contribution in [-0.2, 0) is 0 Å². The van der Waals surface area contributed by atoms with E-state index in [0.717, 1.165) is 32.5 Å². The molecule has 21 heavy (non-hydrogen) atoms. The smallest absolute Gasteiger partial charge is 0.121 e. The van der Waals surface area contributed by atoms with E-state index in [0.29, 0.717) is 5.69 Å². The lowest BCUT2D eigenvalue weighted by molar-refractivity contribution is 0.415. The van der Waals surface area contributed by atoms with Crippen molar-refractivity contribution in [1.29, 1.82) is 0 Å². The van der Waals surface area contributed by atoms with Crippen molar-refractivity contribution in [3.05, 3.63) is 53.1 Å². The first kappa shape index (κ1) is 13.7. The second kappa shape index (κ2) is 5.61. The molecule has 0 amide bonds. The molecule has 3 aromatic rings. The van der Waals surface area contributed by atoms with E-state index in [-0.39, 0.29) is 0 Å². The van der Waals surface area contributed by atoms with Crippen molar-refractivity contribution in [2.24, 2.45) is 0 Å². The highest BCUT2D eigenvalue weighted by Gasteiger charge is 2.07. The highest BCUT2D eigenvalue weighted by Crippen LogP contribution is 2.33. The average Bonchev–Trinajstić information content (AvgIpc) is 2.50. The fraction of sp³-hybridized carbons (Fsp3) is 0.0625. The van der Waals surface area contributed by atoms with Crippen LogP contribution in [0.3, 0.4) is 0 Å². The van der Waals surface area contributed by atoms with Crippen LogP contribution in [0.25, 0.3) is 10.9 Å². The van der Waals surface area contributed by atoms with Crippen LogP contribution >= 0.6 is 15.9 Å². The first-order chi connectivity index (χ1) is 10.2. The summed E-state index contributed by atoms with van der Waals surface area (Å²) in [6.45, 7) is 0. The number of methoxy groups -OCH3 is 1. The van der Waals surface area contributed by atoms with Gasteiger partial charge < -0.3 is 15.8 Å². The quantitative estimate of drug-likeness (QED) is 0.694. The highest BCUT2D eigenvalue weighted by molar-refractivity contribution is 9.10. The molecule has 0 radical (unpaired) electrons. The number of hydrogen-bond donors (Lipinski definition) is 2. The van der Waals surface area contributed by atoms with Crippen LogP contribution in [0.4, 0.5) is 17.1 Å². The van der Waals surface area contributed by atoms with Gasteiger partial charge in [-0.05, 0) is 40.2 Å². The Hall–Kier alpha value is -2.27. The minimum atomic E-state index is 0.667. The number of nitrogens with zero attached hydrogens (tertiary/aromatic N) is 1. The number of halogens is 1. The van der Waals surface area contributed by atoms with E-state index >= 15 is 0 Å². The topological polar surface area (TPSA) is 60.2 Å². The first-order valence-electron chi connectivity index (χ1n) is 6.43. The van der Waals surface area contributed by atoms with Crippen LogP contribution in [0.2, 0.25) is 0 Å².